The molecule has 0 radical (unpaired) electrons. The summed E-state index contributed by atoms with van der Waals surface area (Å²) in [6, 6.07) is 6.97. The van der Waals surface area contributed by atoms with Crippen molar-refractivity contribution in [2.75, 3.05) is 0 Å². The molecule has 0 spiro atoms. The van der Waals surface area contributed by atoms with Gasteiger partial charge in [-0.25, -0.2) is 0 Å². The average molecular weight is 310 g/mol. The standard InChI is InChI=1S/C14H16ClN3O3/c1-9(2)10-4-3-5-11(14(19)16-15)12(10)8-21-13-6-7-18(20)17-13/h3-7,9,20H,8H2,1-2H3,(H,16,19). The minimum Gasteiger partial charge on any atom is -0.472 e. The molecular formula is C14H16ClN3O3. The van der Waals surface area contributed by atoms with Gasteiger partial charge in [0, 0.05) is 29.0 Å². The highest BCUT2D eigenvalue weighted by Crippen LogP contribution is 2.24. The van der Waals surface area contributed by atoms with E-state index in [1.165, 1.54) is 12.3 Å². The second-order valence-corrected chi connectivity index (χ2v) is 5.00. The van der Waals surface area contributed by atoms with Crippen LogP contribution in [0.15, 0.2) is 30.5 Å². The van der Waals surface area contributed by atoms with E-state index in [-0.39, 0.29) is 24.3 Å². The zero-order valence-electron chi connectivity index (χ0n) is 11.7. The molecule has 0 fully saturated rings. The van der Waals surface area contributed by atoms with Crippen molar-refractivity contribution in [3.8, 4) is 5.88 Å². The Morgan fingerprint density at radius 2 is 2.24 bits per heavy atom. The average Bonchev–Trinajstić information content (AvgIpc) is 2.89. The molecule has 0 aliphatic heterocycles. The summed E-state index contributed by atoms with van der Waals surface area (Å²) in [5.74, 6) is 0.112. The predicted molar refractivity (Wildman–Crippen MR) is 77.6 cm³/mol. The number of halogens is 1. The van der Waals surface area contributed by atoms with E-state index >= 15 is 0 Å². The minimum absolute atomic E-state index is 0.158. The zero-order chi connectivity index (χ0) is 15.4. The lowest BCUT2D eigenvalue weighted by atomic mass is 9.93. The molecule has 21 heavy (non-hydrogen) atoms. The maximum Gasteiger partial charge on any atom is 0.266 e. The van der Waals surface area contributed by atoms with E-state index in [1.807, 2.05) is 26.0 Å². The Bertz CT molecular complexity index is 640. The summed E-state index contributed by atoms with van der Waals surface area (Å²) in [6.45, 7) is 4.22. The molecule has 2 aromatic rings. The first-order valence-electron chi connectivity index (χ1n) is 6.43. The molecule has 1 aromatic carbocycles. The van der Waals surface area contributed by atoms with E-state index in [0.29, 0.717) is 10.4 Å². The van der Waals surface area contributed by atoms with Crippen LogP contribution in [0.5, 0.6) is 5.88 Å². The summed E-state index contributed by atoms with van der Waals surface area (Å²) in [5.41, 5.74) is 2.20. The fraction of sp³-hybridized carbons (Fsp3) is 0.286. The van der Waals surface area contributed by atoms with Gasteiger partial charge < -0.3 is 9.94 Å². The largest absolute Gasteiger partial charge is 0.472 e. The van der Waals surface area contributed by atoms with Crippen LogP contribution in [0.3, 0.4) is 0 Å². The number of hydrogen-bond acceptors (Lipinski definition) is 4. The van der Waals surface area contributed by atoms with E-state index in [2.05, 4.69) is 9.93 Å². The Kier molecular flexibility index (Phi) is 4.70. The van der Waals surface area contributed by atoms with Gasteiger partial charge in [0.2, 0.25) is 5.88 Å². The van der Waals surface area contributed by atoms with Gasteiger partial charge in [-0.15, -0.1) is 4.85 Å². The number of ether oxygens (including phenoxy) is 1. The molecule has 0 aliphatic carbocycles. The number of hydrogen-bond donors (Lipinski definition) is 2. The molecule has 0 saturated carbocycles. The highest BCUT2D eigenvalue weighted by Gasteiger charge is 2.17. The fourth-order valence-corrected chi connectivity index (χ4v) is 2.19. The number of nitrogens with one attached hydrogen (secondary N) is 1. The van der Waals surface area contributed by atoms with Gasteiger partial charge in [0.25, 0.3) is 5.91 Å². The summed E-state index contributed by atoms with van der Waals surface area (Å²) in [7, 11) is 0. The lowest BCUT2D eigenvalue weighted by Crippen LogP contribution is -2.17. The predicted octanol–water partition coefficient (Wildman–Crippen LogP) is 2.71. The zero-order valence-corrected chi connectivity index (χ0v) is 12.5. The Hall–Kier alpha value is -2.21. The fourth-order valence-electron chi connectivity index (χ4n) is 2.09. The van der Waals surface area contributed by atoms with E-state index in [1.54, 1.807) is 6.07 Å². The van der Waals surface area contributed by atoms with Crippen LogP contribution >= 0.6 is 11.8 Å². The summed E-state index contributed by atoms with van der Waals surface area (Å²) in [5, 5.41) is 12.8. The van der Waals surface area contributed by atoms with Gasteiger partial charge in [0.15, 0.2) is 0 Å². The second-order valence-electron chi connectivity index (χ2n) is 4.81. The number of aromatic nitrogens is 2. The van der Waals surface area contributed by atoms with Gasteiger partial charge in [-0.3, -0.25) is 9.63 Å². The van der Waals surface area contributed by atoms with Gasteiger partial charge >= 0.3 is 0 Å². The van der Waals surface area contributed by atoms with Crippen molar-refractivity contribution in [1.29, 1.82) is 0 Å². The van der Waals surface area contributed by atoms with Gasteiger partial charge in [-0.2, -0.15) is 0 Å². The first kappa shape index (κ1) is 15.2. The van der Waals surface area contributed by atoms with Crippen molar-refractivity contribution in [3.63, 3.8) is 0 Å². The number of rotatable bonds is 5. The first-order chi connectivity index (χ1) is 10.0. The van der Waals surface area contributed by atoms with Crippen LogP contribution in [0.1, 0.15) is 41.3 Å². The van der Waals surface area contributed by atoms with Crippen LogP contribution in [0, 0.1) is 0 Å². The highest BCUT2D eigenvalue weighted by molar-refractivity contribution is 6.24. The third-order valence-corrected chi connectivity index (χ3v) is 3.25. The Morgan fingerprint density at radius 3 is 2.81 bits per heavy atom. The van der Waals surface area contributed by atoms with E-state index in [0.717, 1.165) is 11.1 Å². The number of carbonyl (C=O) groups excluding carboxylic acids is 1. The summed E-state index contributed by atoms with van der Waals surface area (Å²) < 4.78 is 5.52. The summed E-state index contributed by atoms with van der Waals surface area (Å²) >= 11 is 5.42. The van der Waals surface area contributed by atoms with Crippen LogP contribution in [-0.4, -0.2) is 21.1 Å². The lowest BCUT2D eigenvalue weighted by molar-refractivity contribution is 0.0978. The number of benzene rings is 1. The van der Waals surface area contributed by atoms with Crippen LogP contribution in [0.4, 0.5) is 0 Å². The third kappa shape index (κ3) is 3.46. The van der Waals surface area contributed by atoms with E-state index in [9.17, 15) is 4.79 Å². The molecule has 1 amide bonds. The van der Waals surface area contributed by atoms with Crippen LogP contribution in [0.25, 0.3) is 0 Å². The van der Waals surface area contributed by atoms with Gasteiger partial charge in [-0.05, 0) is 17.5 Å². The second kappa shape index (κ2) is 6.49. The molecule has 1 aromatic heterocycles. The maximum atomic E-state index is 11.9. The number of nitrogens with zero attached hydrogens (tertiary/aromatic N) is 2. The molecule has 2 N–H and O–H groups in total. The van der Waals surface area contributed by atoms with Crippen molar-refractivity contribution < 1.29 is 14.7 Å². The molecule has 112 valence electrons. The van der Waals surface area contributed by atoms with Crippen molar-refractivity contribution >= 4 is 17.7 Å². The van der Waals surface area contributed by atoms with E-state index < -0.39 is 0 Å². The minimum atomic E-state index is -0.384. The molecular weight excluding hydrogens is 294 g/mol. The maximum absolute atomic E-state index is 11.9. The molecule has 1 heterocycles. The topological polar surface area (TPSA) is 76.4 Å². The van der Waals surface area contributed by atoms with Crippen molar-refractivity contribution in [2.24, 2.45) is 0 Å². The first-order valence-corrected chi connectivity index (χ1v) is 6.81. The molecule has 0 bridgehead atoms. The Balaban J connectivity index is 2.32. The summed E-state index contributed by atoms with van der Waals surface area (Å²) in [6.07, 6.45) is 1.36. The van der Waals surface area contributed by atoms with Crippen molar-refractivity contribution in [1.82, 2.24) is 14.8 Å². The van der Waals surface area contributed by atoms with Crippen LogP contribution in [0.2, 0.25) is 0 Å². The van der Waals surface area contributed by atoms with Crippen molar-refractivity contribution in [3.05, 3.63) is 47.2 Å². The summed E-state index contributed by atoms with van der Waals surface area (Å²) in [4.78, 5) is 14.6. The normalized spacial score (nSPS) is 10.7. The van der Waals surface area contributed by atoms with Crippen molar-refractivity contribution in [2.45, 2.75) is 26.4 Å². The van der Waals surface area contributed by atoms with Crippen LogP contribution < -0.4 is 9.57 Å². The molecule has 2 rings (SSSR count). The van der Waals surface area contributed by atoms with Gasteiger partial charge in [0.1, 0.15) is 6.61 Å². The molecule has 6 nitrogen and oxygen atoms in total. The third-order valence-electron chi connectivity index (χ3n) is 3.08. The molecule has 0 saturated heterocycles. The smallest absolute Gasteiger partial charge is 0.266 e. The highest BCUT2D eigenvalue weighted by atomic mass is 35.5. The quantitative estimate of drug-likeness (QED) is 0.657. The number of amides is 1. The molecule has 0 atom stereocenters. The monoisotopic (exact) mass is 309 g/mol. The van der Waals surface area contributed by atoms with E-state index in [4.69, 9.17) is 21.7 Å². The SMILES string of the molecule is CC(C)c1cccc(C(=O)NCl)c1COc1ccn(O)n1. The van der Waals surface area contributed by atoms with Gasteiger partial charge in [-0.1, -0.05) is 31.1 Å². The molecule has 7 heteroatoms. The molecule has 0 unspecified atom stereocenters. The van der Waals surface area contributed by atoms with Gasteiger partial charge in [0.05, 0.1) is 6.20 Å². The number of carbonyl (C=O) groups is 1. The van der Waals surface area contributed by atoms with Crippen LogP contribution in [-0.2, 0) is 6.61 Å². The lowest BCUT2D eigenvalue weighted by Gasteiger charge is -2.16. The Labute approximate surface area is 127 Å². The Morgan fingerprint density at radius 1 is 1.48 bits per heavy atom. The molecule has 0 aliphatic rings.